The van der Waals surface area contributed by atoms with E-state index in [-0.39, 0.29) is 16.3 Å². The maximum absolute atomic E-state index is 11.9. The summed E-state index contributed by atoms with van der Waals surface area (Å²) in [4.78, 5) is 14.2. The van der Waals surface area contributed by atoms with Crippen molar-refractivity contribution in [1.29, 1.82) is 0 Å². The third-order valence-electron chi connectivity index (χ3n) is 2.70. The maximum Gasteiger partial charge on any atom is 0.379 e. The van der Waals surface area contributed by atoms with E-state index in [0.29, 0.717) is 12.0 Å². The summed E-state index contributed by atoms with van der Waals surface area (Å²) in [6.07, 6.45) is 0.373. The molecular formula is C13H12FNO4S2. The minimum absolute atomic E-state index is 0.0797. The molecular weight excluding hydrogens is 317 g/mol. The molecule has 0 radical (unpaired) electrons. The standard InChI is InChI=1S/C13H12FNO4S2/c14-19-13(16)11-4-1-3-10(9-11)6-7-15-21(17,18)12-5-2-8-20-12/h1-5,8-9,15H,6-7H2. The topological polar surface area (TPSA) is 72.5 Å². The molecule has 1 aromatic heterocycles. The van der Waals surface area contributed by atoms with Crippen LogP contribution < -0.4 is 4.72 Å². The second-order valence-electron chi connectivity index (χ2n) is 4.14. The zero-order valence-electron chi connectivity index (χ0n) is 10.8. The van der Waals surface area contributed by atoms with E-state index < -0.39 is 16.0 Å². The zero-order valence-corrected chi connectivity index (χ0v) is 12.4. The normalized spacial score (nSPS) is 11.3. The third kappa shape index (κ3) is 4.10. The fraction of sp³-hybridized carbons (Fsp3) is 0.154. The van der Waals surface area contributed by atoms with Gasteiger partial charge < -0.3 is 0 Å². The minimum atomic E-state index is -3.50. The van der Waals surface area contributed by atoms with Gasteiger partial charge in [0.15, 0.2) is 0 Å². The lowest BCUT2D eigenvalue weighted by Gasteiger charge is -2.05. The molecule has 0 amide bonds. The predicted octanol–water partition coefficient (Wildman–Crippen LogP) is 2.31. The number of halogens is 1. The first kappa shape index (κ1) is 15.6. The fourth-order valence-corrected chi connectivity index (χ4v) is 3.78. The molecule has 0 unspecified atom stereocenters. The molecule has 8 heteroatoms. The molecule has 2 rings (SSSR count). The number of carbonyl (C=O) groups excluding carboxylic acids is 1. The Bertz CT molecular complexity index is 714. The first-order valence-corrected chi connectivity index (χ1v) is 8.34. The first-order chi connectivity index (χ1) is 10.0. The van der Waals surface area contributed by atoms with Gasteiger partial charge in [-0.1, -0.05) is 18.2 Å². The van der Waals surface area contributed by atoms with Crippen LogP contribution in [0.5, 0.6) is 0 Å². The van der Waals surface area contributed by atoms with Crippen LogP contribution >= 0.6 is 11.3 Å². The smallest absolute Gasteiger partial charge is 0.249 e. The SMILES string of the molecule is O=C(OF)c1cccc(CCNS(=O)(=O)c2cccs2)c1. The highest BCUT2D eigenvalue weighted by molar-refractivity contribution is 7.91. The maximum atomic E-state index is 11.9. The summed E-state index contributed by atoms with van der Waals surface area (Å²) in [5, 5.41) is 1.68. The van der Waals surface area contributed by atoms with Crippen LogP contribution in [0.3, 0.4) is 0 Å². The number of hydrogen-bond donors (Lipinski definition) is 1. The average molecular weight is 329 g/mol. The van der Waals surface area contributed by atoms with E-state index in [1.165, 1.54) is 18.2 Å². The van der Waals surface area contributed by atoms with Crippen LogP contribution in [0.2, 0.25) is 0 Å². The summed E-state index contributed by atoms with van der Waals surface area (Å²) < 4.78 is 38.3. The van der Waals surface area contributed by atoms with Crippen LogP contribution in [-0.4, -0.2) is 20.9 Å². The van der Waals surface area contributed by atoms with E-state index in [1.54, 1.807) is 23.6 Å². The quantitative estimate of drug-likeness (QED) is 0.883. The summed E-state index contributed by atoms with van der Waals surface area (Å²) in [6.45, 7) is 0.175. The van der Waals surface area contributed by atoms with Crippen LogP contribution in [0.15, 0.2) is 46.0 Å². The predicted molar refractivity (Wildman–Crippen MR) is 76.2 cm³/mol. The summed E-state index contributed by atoms with van der Waals surface area (Å²) >= 11 is 1.13. The van der Waals surface area contributed by atoms with Crippen LogP contribution in [0, 0.1) is 0 Å². The van der Waals surface area contributed by atoms with Crippen LogP contribution in [-0.2, 0) is 21.4 Å². The Balaban J connectivity index is 1.96. The van der Waals surface area contributed by atoms with Gasteiger partial charge in [-0.05, 0) is 35.6 Å². The molecule has 0 fully saturated rings. The number of sulfonamides is 1. The zero-order chi connectivity index (χ0) is 15.3. The highest BCUT2D eigenvalue weighted by Crippen LogP contribution is 2.15. The second kappa shape index (κ2) is 6.79. The lowest BCUT2D eigenvalue weighted by molar-refractivity contribution is -0.0788. The number of carbonyl (C=O) groups is 1. The van der Waals surface area contributed by atoms with Crippen LogP contribution in [0.25, 0.3) is 0 Å². The summed E-state index contributed by atoms with van der Waals surface area (Å²) in [6, 6.07) is 9.35. The van der Waals surface area contributed by atoms with Gasteiger partial charge in [-0.25, -0.2) is 22.9 Å². The van der Waals surface area contributed by atoms with Crippen molar-refractivity contribution < 1.29 is 22.7 Å². The molecule has 1 heterocycles. The van der Waals surface area contributed by atoms with Crippen molar-refractivity contribution in [2.45, 2.75) is 10.6 Å². The molecule has 2 aromatic rings. The number of nitrogens with one attached hydrogen (secondary N) is 1. The molecule has 0 saturated carbocycles. The van der Waals surface area contributed by atoms with E-state index in [1.807, 2.05) is 0 Å². The van der Waals surface area contributed by atoms with Crippen molar-refractivity contribution in [3.63, 3.8) is 0 Å². The molecule has 0 spiro atoms. The van der Waals surface area contributed by atoms with Gasteiger partial charge in [0.2, 0.25) is 10.0 Å². The Morgan fingerprint density at radius 3 is 2.76 bits per heavy atom. The van der Waals surface area contributed by atoms with Gasteiger partial charge >= 0.3 is 5.97 Å². The second-order valence-corrected chi connectivity index (χ2v) is 7.09. The minimum Gasteiger partial charge on any atom is -0.249 e. The lowest BCUT2D eigenvalue weighted by Crippen LogP contribution is -2.25. The molecule has 21 heavy (non-hydrogen) atoms. The van der Waals surface area contributed by atoms with Crippen molar-refractivity contribution in [3.05, 3.63) is 52.9 Å². The van der Waals surface area contributed by atoms with Gasteiger partial charge in [0.25, 0.3) is 0 Å². The van der Waals surface area contributed by atoms with Gasteiger partial charge in [-0.2, -0.15) is 0 Å². The van der Waals surface area contributed by atoms with Gasteiger partial charge in [-0.3, -0.25) is 0 Å². The summed E-state index contributed by atoms with van der Waals surface area (Å²) in [5.41, 5.74) is 0.780. The molecule has 0 saturated heterocycles. The molecule has 0 aliphatic rings. The molecule has 0 atom stereocenters. The third-order valence-corrected chi connectivity index (χ3v) is 5.56. The molecule has 1 aromatic carbocycles. The van der Waals surface area contributed by atoms with Crippen molar-refractivity contribution in [2.75, 3.05) is 6.54 Å². The number of hydrogen-bond acceptors (Lipinski definition) is 5. The van der Waals surface area contributed by atoms with Crippen molar-refractivity contribution in [2.24, 2.45) is 0 Å². The van der Waals surface area contributed by atoms with Crippen molar-refractivity contribution in [1.82, 2.24) is 4.72 Å². The fourth-order valence-electron chi connectivity index (χ4n) is 1.72. The van der Waals surface area contributed by atoms with Crippen molar-refractivity contribution in [3.8, 4) is 0 Å². The van der Waals surface area contributed by atoms with Gasteiger partial charge in [0.1, 0.15) is 4.21 Å². The highest BCUT2D eigenvalue weighted by atomic mass is 32.2. The summed E-state index contributed by atoms with van der Waals surface area (Å²) in [7, 11) is -3.50. The van der Waals surface area contributed by atoms with Crippen molar-refractivity contribution >= 4 is 27.3 Å². The highest BCUT2D eigenvalue weighted by Gasteiger charge is 2.14. The van der Waals surface area contributed by atoms with E-state index >= 15 is 0 Å². The Morgan fingerprint density at radius 1 is 1.29 bits per heavy atom. The average Bonchev–Trinajstić information content (AvgIpc) is 3.01. The Hall–Kier alpha value is -1.77. The van der Waals surface area contributed by atoms with E-state index in [9.17, 15) is 17.7 Å². The lowest BCUT2D eigenvalue weighted by atomic mass is 10.1. The number of benzene rings is 1. The van der Waals surface area contributed by atoms with Crippen LogP contribution in [0.1, 0.15) is 15.9 Å². The summed E-state index contributed by atoms with van der Waals surface area (Å²) in [5.74, 6) is -1.07. The van der Waals surface area contributed by atoms with Gasteiger partial charge in [-0.15, -0.1) is 11.3 Å². The Kier molecular flexibility index (Phi) is 5.05. The van der Waals surface area contributed by atoms with E-state index in [2.05, 4.69) is 9.66 Å². The molecule has 0 bridgehead atoms. The molecule has 0 aliphatic carbocycles. The number of rotatable bonds is 6. The Labute approximate surface area is 125 Å². The van der Waals surface area contributed by atoms with Crippen LogP contribution in [0.4, 0.5) is 4.53 Å². The molecule has 0 aliphatic heterocycles. The van der Waals surface area contributed by atoms with Gasteiger partial charge in [0.05, 0.1) is 5.56 Å². The van der Waals surface area contributed by atoms with E-state index in [4.69, 9.17) is 0 Å². The molecule has 1 N–H and O–H groups in total. The Morgan fingerprint density at radius 2 is 2.10 bits per heavy atom. The van der Waals surface area contributed by atoms with E-state index in [0.717, 1.165) is 11.3 Å². The molecule has 112 valence electrons. The molecule has 5 nitrogen and oxygen atoms in total. The first-order valence-electron chi connectivity index (χ1n) is 5.98. The monoisotopic (exact) mass is 329 g/mol. The largest absolute Gasteiger partial charge is 0.379 e. The van der Waals surface area contributed by atoms with Gasteiger partial charge in [0, 0.05) is 11.1 Å². The number of thiophene rings is 1.